The normalized spacial score (nSPS) is 11.5. The van der Waals surface area contributed by atoms with E-state index in [1.807, 2.05) is 10.0 Å². The fraction of sp³-hybridized carbons (Fsp3) is 0.364. The minimum Gasteiger partial charge on any atom is -0.495 e. The maximum atomic E-state index is 11.9. The van der Waals surface area contributed by atoms with Gasteiger partial charge in [-0.15, -0.1) is 0 Å². The van der Waals surface area contributed by atoms with Crippen LogP contribution in [0, 0.1) is 0 Å². The van der Waals surface area contributed by atoms with Gasteiger partial charge in [-0.05, 0) is 18.2 Å². The highest BCUT2D eigenvalue weighted by Crippen LogP contribution is 2.26. The number of sulfonamides is 1. The summed E-state index contributed by atoms with van der Waals surface area (Å²) < 4.78 is 54.4. The number of hydrogen-bond donors (Lipinski definition) is 2. The number of hydrogen-bond acceptors (Lipinski definition) is 4. The quantitative estimate of drug-likeness (QED) is 0.774. The van der Waals surface area contributed by atoms with Crippen molar-refractivity contribution in [2.75, 3.05) is 20.2 Å². The maximum absolute atomic E-state index is 11.9. The van der Waals surface area contributed by atoms with Gasteiger partial charge in [0.15, 0.2) is 0 Å². The molecule has 10 heteroatoms. The number of alkyl halides is 2. The third-order valence-electron chi connectivity index (χ3n) is 2.31. The lowest BCUT2D eigenvalue weighted by Crippen LogP contribution is -2.38. The first-order chi connectivity index (χ1) is 9.76. The summed E-state index contributed by atoms with van der Waals surface area (Å²) in [5.74, 6) is -0.566. The van der Waals surface area contributed by atoms with Crippen molar-refractivity contribution in [1.29, 1.82) is 0 Å². The first-order valence-corrected chi connectivity index (χ1v) is 7.50. The third kappa shape index (κ3) is 5.44. The number of nitrogens with one attached hydrogen (secondary N) is 2. The summed E-state index contributed by atoms with van der Waals surface area (Å²) in [6.45, 7) is -1.49. The number of halogens is 3. The predicted molar refractivity (Wildman–Crippen MR) is 72.2 cm³/mol. The van der Waals surface area contributed by atoms with Crippen LogP contribution in [-0.2, 0) is 14.8 Å². The fourth-order valence-electron chi connectivity index (χ4n) is 1.31. The molecule has 2 N–H and O–H groups in total. The van der Waals surface area contributed by atoms with E-state index in [0.29, 0.717) is 5.75 Å². The number of carbonyl (C=O) groups is 1. The van der Waals surface area contributed by atoms with Crippen LogP contribution in [0.5, 0.6) is 5.75 Å². The van der Waals surface area contributed by atoms with Crippen LogP contribution in [-0.4, -0.2) is 40.9 Å². The number of methoxy groups -OCH3 is 1. The Hall–Kier alpha value is -1.45. The van der Waals surface area contributed by atoms with E-state index < -0.39 is 35.4 Å². The molecule has 0 aliphatic heterocycles. The van der Waals surface area contributed by atoms with Crippen LogP contribution < -0.4 is 14.8 Å². The maximum Gasteiger partial charge on any atom is 0.255 e. The molecule has 0 saturated heterocycles. The van der Waals surface area contributed by atoms with Crippen molar-refractivity contribution in [3.05, 3.63) is 23.2 Å². The summed E-state index contributed by atoms with van der Waals surface area (Å²) in [7, 11) is -2.60. The van der Waals surface area contributed by atoms with Crippen LogP contribution in [0.2, 0.25) is 5.02 Å². The van der Waals surface area contributed by atoms with Crippen LogP contribution in [0.3, 0.4) is 0 Å². The number of amides is 1. The zero-order chi connectivity index (χ0) is 16.0. The van der Waals surface area contributed by atoms with Gasteiger partial charge in [-0.3, -0.25) is 4.79 Å². The molecule has 0 aliphatic rings. The van der Waals surface area contributed by atoms with Crippen molar-refractivity contribution in [2.24, 2.45) is 0 Å². The molecule has 0 bridgehead atoms. The van der Waals surface area contributed by atoms with Crippen LogP contribution in [0.4, 0.5) is 8.78 Å². The van der Waals surface area contributed by atoms with Crippen molar-refractivity contribution in [3.63, 3.8) is 0 Å². The molecule has 118 valence electrons. The molecule has 0 unspecified atom stereocenters. The summed E-state index contributed by atoms with van der Waals surface area (Å²) in [6.07, 6.45) is -2.70. The largest absolute Gasteiger partial charge is 0.495 e. The van der Waals surface area contributed by atoms with E-state index in [2.05, 4.69) is 0 Å². The van der Waals surface area contributed by atoms with Crippen molar-refractivity contribution >= 4 is 27.5 Å². The third-order valence-corrected chi connectivity index (χ3v) is 4.00. The van der Waals surface area contributed by atoms with Crippen LogP contribution in [0.25, 0.3) is 0 Å². The smallest absolute Gasteiger partial charge is 0.255 e. The van der Waals surface area contributed by atoms with Gasteiger partial charge in [0.05, 0.1) is 30.1 Å². The molecular weight excluding hydrogens is 330 g/mol. The van der Waals surface area contributed by atoms with E-state index in [4.69, 9.17) is 16.3 Å². The van der Waals surface area contributed by atoms with Gasteiger partial charge in [-0.1, -0.05) is 11.6 Å². The van der Waals surface area contributed by atoms with E-state index in [1.165, 1.54) is 19.2 Å². The molecular formula is C11H13ClF2N2O4S. The summed E-state index contributed by atoms with van der Waals surface area (Å²) in [6, 6.07) is 3.75. The Morgan fingerprint density at radius 2 is 2.10 bits per heavy atom. The zero-order valence-corrected chi connectivity index (χ0v) is 12.5. The van der Waals surface area contributed by atoms with Crippen molar-refractivity contribution in [1.82, 2.24) is 10.0 Å². The summed E-state index contributed by atoms with van der Waals surface area (Å²) in [5, 5.41) is 1.96. The molecule has 21 heavy (non-hydrogen) atoms. The summed E-state index contributed by atoms with van der Waals surface area (Å²) in [4.78, 5) is 11.0. The van der Waals surface area contributed by atoms with E-state index >= 15 is 0 Å². The minimum atomic E-state index is -3.98. The van der Waals surface area contributed by atoms with E-state index in [1.54, 1.807) is 0 Å². The Kier molecular flexibility index (Phi) is 6.31. The molecule has 1 aromatic rings. The SMILES string of the molecule is COc1ccc(S(=O)(=O)NCC(=O)NCC(F)F)cc1Cl. The molecule has 0 heterocycles. The van der Waals surface area contributed by atoms with Crippen LogP contribution >= 0.6 is 11.6 Å². The number of rotatable bonds is 7. The molecule has 6 nitrogen and oxygen atoms in total. The Bertz CT molecular complexity index is 610. The lowest BCUT2D eigenvalue weighted by molar-refractivity contribution is -0.120. The average molecular weight is 343 g/mol. The van der Waals surface area contributed by atoms with Gasteiger partial charge in [0.25, 0.3) is 6.43 Å². The topological polar surface area (TPSA) is 84.5 Å². The molecule has 0 spiro atoms. The van der Waals surface area contributed by atoms with Gasteiger partial charge in [0.2, 0.25) is 15.9 Å². The highest BCUT2D eigenvalue weighted by Gasteiger charge is 2.17. The van der Waals surface area contributed by atoms with Crippen molar-refractivity contribution in [3.8, 4) is 5.75 Å². The van der Waals surface area contributed by atoms with E-state index in [9.17, 15) is 22.0 Å². The van der Waals surface area contributed by atoms with Gasteiger partial charge in [0, 0.05) is 0 Å². The number of ether oxygens (including phenoxy) is 1. The molecule has 1 amide bonds. The zero-order valence-electron chi connectivity index (χ0n) is 10.9. The molecule has 0 aromatic heterocycles. The lowest BCUT2D eigenvalue weighted by Gasteiger charge is -2.09. The Balaban J connectivity index is 2.69. The first-order valence-electron chi connectivity index (χ1n) is 5.64. The van der Waals surface area contributed by atoms with Gasteiger partial charge < -0.3 is 10.1 Å². The molecule has 0 saturated carbocycles. The number of benzene rings is 1. The standard InChI is InChI=1S/C11H13ClF2N2O4S/c1-20-9-3-2-7(4-8(9)12)21(18,19)16-6-11(17)15-5-10(13)14/h2-4,10,16H,5-6H2,1H3,(H,15,17). The molecule has 0 aliphatic carbocycles. The fourth-order valence-corrected chi connectivity index (χ4v) is 2.64. The molecule has 0 fully saturated rings. The molecule has 1 rings (SSSR count). The second-order valence-corrected chi connectivity index (χ2v) is 5.99. The molecule has 0 radical (unpaired) electrons. The van der Waals surface area contributed by atoms with Crippen molar-refractivity contribution < 1.29 is 26.7 Å². The van der Waals surface area contributed by atoms with Gasteiger partial charge in [0.1, 0.15) is 5.75 Å². The minimum absolute atomic E-state index is 0.0857. The first kappa shape index (κ1) is 17.6. The monoisotopic (exact) mass is 342 g/mol. The Morgan fingerprint density at radius 1 is 1.43 bits per heavy atom. The van der Waals surface area contributed by atoms with Crippen molar-refractivity contribution in [2.45, 2.75) is 11.3 Å². The second kappa shape index (κ2) is 7.53. The van der Waals surface area contributed by atoms with E-state index in [-0.39, 0.29) is 9.92 Å². The summed E-state index contributed by atoms with van der Waals surface area (Å²) in [5.41, 5.74) is 0. The lowest BCUT2D eigenvalue weighted by atomic mass is 10.3. The van der Waals surface area contributed by atoms with Crippen LogP contribution in [0.1, 0.15) is 0 Å². The van der Waals surface area contributed by atoms with E-state index in [0.717, 1.165) is 6.07 Å². The Labute approximate surface area is 125 Å². The average Bonchev–Trinajstić information content (AvgIpc) is 2.42. The highest BCUT2D eigenvalue weighted by molar-refractivity contribution is 7.89. The highest BCUT2D eigenvalue weighted by atomic mass is 35.5. The van der Waals surface area contributed by atoms with Gasteiger partial charge >= 0.3 is 0 Å². The predicted octanol–water partition coefficient (Wildman–Crippen LogP) is 1.01. The molecule has 1 aromatic carbocycles. The van der Waals surface area contributed by atoms with Gasteiger partial charge in [-0.2, -0.15) is 0 Å². The van der Waals surface area contributed by atoms with Gasteiger partial charge in [-0.25, -0.2) is 21.9 Å². The molecule has 0 atom stereocenters. The summed E-state index contributed by atoms with van der Waals surface area (Å²) >= 11 is 5.80. The Morgan fingerprint density at radius 3 is 2.62 bits per heavy atom. The van der Waals surface area contributed by atoms with Crippen LogP contribution in [0.15, 0.2) is 23.1 Å². The second-order valence-electron chi connectivity index (χ2n) is 3.82. The number of carbonyl (C=O) groups excluding carboxylic acids is 1.